The van der Waals surface area contributed by atoms with Crippen LogP contribution in [0.5, 0.6) is 0 Å². The number of carbonyl (C=O) groups is 1. The van der Waals surface area contributed by atoms with E-state index >= 15 is 0 Å². The Morgan fingerprint density at radius 3 is 2.79 bits per heavy atom. The normalized spacial score (nSPS) is 19.0. The molecular weight excluding hydrogens is 264 g/mol. The van der Waals surface area contributed by atoms with Gasteiger partial charge >= 0.3 is 0 Å². The number of anilines is 1. The molecule has 0 saturated carbocycles. The second-order valence-electron chi connectivity index (χ2n) is 5.77. The molecule has 0 aromatic carbocycles. The van der Waals surface area contributed by atoms with E-state index in [9.17, 15) is 4.79 Å². The van der Waals surface area contributed by atoms with E-state index in [0.29, 0.717) is 16.8 Å². The maximum absolute atomic E-state index is 11.5. The number of amides is 1. The zero-order valence-electron chi connectivity index (χ0n) is 11.3. The molecule has 1 aliphatic rings. The molecule has 1 aromatic rings. The van der Waals surface area contributed by atoms with Gasteiger partial charge < -0.3 is 10.6 Å². The minimum atomic E-state index is -0.518. The third-order valence-electron chi connectivity index (χ3n) is 3.65. The van der Waals surface area contributed by atoms with Gasteiger partial charge in [0.05, 0.1) is 5.56 Å². The number of halogens is 1. The molecule has 104 valence electrons. The molecule has 0 unspecified atom stereocenters. The van der Waals surface area contributed by atoms with Gasteiger partial charge in [0, 0.05) is 13.1 Å². The fourth-order valence-electron chi connectivity index (χ4n) is 2.41. The first-order valence-electron chi connectivity index (χ1n) is 6.47. The molecule has 1 fully saturated rings. The summed E-state index contributed by atoms with van der Waals surface area (Å²) in [6.45, 7) is 6.24. The summed E-state index contributed by atoms with van der Waals surface area (Å²) in [5, 5.41) is 8.07. The summed E-state index contributed by atoms with van der Waals surface area (Å²) in [4.78, 5) is 13.6. The van der Waals surface area contributed by atoms with Crippen molar-refractivity contribution in [1.29, 1.82) is 0 Å². The maximum atomic E-state index is 11.5. The van der Waals surface area contributed by atoms with Crippen LogP contribution in [0.4, 0.5) is 5.82 Å². The van der Waals surface area contributed by atoms with Crippen molar-refractivity contribution in [3.05, 3.63) is 16.8 Å². The highest BCUT2D eigenvalue weighted by Crippen LogP contribution is 2.32. The van der Waals surface area contributed by atoms with Crippen LogP contribution in [0.25, 0.3) is 0 Å². The van der Waals surface area contributed by atoms with Crippen molar-refractivity contribution in [2.75, 3.05) is 18.0 Å². The number of nitrogens with two attached hydrogens (primary N) is 1. The van der Waals surface area contributed by atoms with Crippen molar-refractivity contribution in [1.82, 2.24) is 10.2 Å². The van der Waals surface area contributed by atoms with Crippen molar-refractivity contribution in [2.45, 2.75) is 33.1 Å². The van der Waals surface area contributed by atoms with Crippen molar-refractivity contribution in [3.63, 3.8) is 0 Å². The van der Waals surface area contributed by atoms with Gasteiger partial charge in [-0.05, 0) is 30.7 Å². The largest absolute Gasteiger partial charge is 0.365 e. The second kappa shape index (κ2) is 5.33. The van der Waals surface area contributed by atoms with Crippen molar-refractivity contribution < 1.29 is 4.79 Å². The number of nitrogens with zero attached hydrogens (tertiary/aromatic N) is 3. The van der Waals surface area contributed by atoms with Gasteiger partial charge in [0.15, 0.2) is 11.0 Å². The van der Waals surface area contributed by atoms with Gasteiger partial charge in [-0.25, -0.2) is 0 Å². The minimum Gasteiger partial charge on any atom is -0.365 e. The molecule has 6 heteroatoms. The van der Waals surface area contributed by atoms with Gasteiger partial charge in [-0.3, -0.25) is 4.79 Å². The Kier molecular flexibility index (Phi) is 3.94. The van der Waals surface area contributed by atoms with Crippen molar-refractivity contribution >= 4 is 23.3 Å². The third kappa shape index (κ3) is 3.35. The number of aromatic nitrogens is 2. The Hall–Kier alpha value is -1.36. The predicted molar refractivity (Wildman–Crippen MR) is 75.4 cm³/mol. The van der Waals surface area contributed by atoms with Crippen LogP contribution in [0.2, 0.25) is 5.15 Å². The smallest absolute Gasteiger partial charge is 0.252 e. The molecule has 1 aliphatic heterocycles. The van der Waals surface area contributed by atoms with Gasteiger partial charge in [-0.15, -0.1) is 10.2 Å². The van der Waals surface area contributed by atoms with E-state index in [4.69, 9.17) is 17.3 Å². The molecule has 0 aliphatic carbocycles. The number of rotatable bonds is 2. The summed E-state index contributed by atoms with van der Waals surface area (Å²) in [5.74, 6) is 0.0323. The molecular formula is C13H19ClN4O. The van der Waals surface area contributed by atoms with Gasteiger partial charge in [0.2, 0.25) is 0 Å². The SMILES string of the molecule is CC1(C)CCCN(c2nnc(Cl)cc2C(N)=O)CC1. The predicted octanol–water partition coefficient (Wildman–Crippen LogP) is 2.25. The lowest BCUT2D eigenvalue weighted by molar-refractivity contribution is 0.1000. The van der Waals surface area contributed by atoms with Gasteiger partial charge in [0.25, 0.3) is 5.91 Å². The molecule has 5 nitrogen and oxygen atoms in total. The van der Waals surface area contributed by atoms with E-state index < -0.39 is 5.91 Å². The summed E-state index contributed by atoms with van der Waals surface area (Å²) in [6.07, 6.45) is 3.28. The average molecular weight is 283 g/mol. The summed E-state index contributed by atoms with van der Waals surface area (Å²) in [6, 6.07) is 1.49. The fourth-order valence-corrected chi connectivity index (χ4v) is 2.56. The lowest BCUT2D eigenvalue weighted by Gasteiger charge is -2.24. The number of carbonyl (C=O) groups excluding carboxylic acids is 1. The minimum absolute atomic E-state index is 0.188. The molecule has 2 rings (SSSR count). The van der Waals surface area contributed by atoms with Crippen molar-refractivity contribution in [3.8, 4) is 0 Å². The highest BCUT2D eigenvalue weighted by molar-refractivity contribution is 6.29. The average Bonchev–Trinajstić information content (AvgIpc) is 2.50. The van der Waals surface area contributed by atoms with Gasteiger partial charge in [0.1, 0.15) is 0 Å². The summed E-state index contributed by atoms with van der Waals surface area (Å²) in [7, 11) is 0. The number of hydrogen-bond acceptors (Lipinski definition) is 4. The Morgan fingerprint density at radius 2 is 2.11 bits per heavy atom. The first-order chi connectivity index (χ1) is 8.89. The molecule has 19 heavy (non-hydrogen) atoms. The van der Waals surface area contributed by atoms with Gasteiger partial charge in [-0.1, -0.05) is 25.4 Å². The van der Waals surface area contributed by atoms with E-state index in [1.54, 1.807) is 0 Å². The monoisotopic (exact) mass is 282 g/mol. The molecule has 0 spiro atoms. The zero-order valence-corrected chi connectivity index (χ0v) is 12.1. The molecule has 1 amide bonds. The van der Waals surface area contributed by atoms with E-state index in [1.807, 2.05) is 0 Å². The summed E-state index contributed by atoms with van der Waals surface area (Å²) < 4.78 is 0. The Balaban J connectivity index is 2.29. The lowest BCUT2D eigenvalue weighted by atomic mass is 9.85. The second-order valence-corrected chi connectivity index (χ2v) is 6.16. The summed E-state index contributed by atoms with van der Waals surface area (Å²) in [5.41, 5.74) is 6.06. The highest BCUT2D eigenvalue weighted by atomic mass is 35.5. The first-order valence-corrected chi connectivity index (χ1v) is 6.85. The van der Waals surface area contributed by atoms with E-state index in [1.165, 1.54) is 6.07 Å². The van der Waals surface area contributed by atoms with Crippen LogP contribution in [-0.2, 0) is 0 Å². The molecule has 0 atom stereocenters. The zero-order chi connectivity index (χ0) is 14.0. The van der Waals surface area contributed by atoms with Crippen LogP contribution in [-0.4, -0.2) is 29.2 Å². The molecule has 1 aromatic heterocycles. The Morgan fingerprint density at radius 1 is 1.37 bits per heavy atom. The van der Waals surface area contributed by atoms with E-state index in [-0.39, 0.29) is 5.15 Å². The third-order valence-corrected chi connectivity index (χ3v) is 3.83. The molecule has 0 bridgehead atoms. The van der Waals surface area contributed by atoms with Crippen LogP contribution < -0.4 is 10.6 Å². The van der Waals surface area contributed by atoms with Crippen LogP contribution in [0.1, 0.15) is 43.5 Å². The van der Waals surface area contributed by atoms with Crippen LogP contribution in [0, 0.1) is 5.41 Å². The van der Waals surface area contributed by atoms with Crippen LogP contribution in [0.15, 0.2) is 6.07 Å². The maximum Gasteiger partial charge on any atom is 0.252 e. The standard InChI is InChI=1S/C13H19ClN4O/c1-13(2)4-3-6-18(7-5-13)12-9(11(15)19)8-10(14)16-17-12/h8H,3-7H2,1-2H3,(H2,15,19). The molecule has 1 saturated heterocycles. The van der Waals surface area contributed by atoms with E-state index in [0.717, 1.165) is 32.4 Å². The first kappa shape index (κ1) is 14.1. The van der Waals surface area contributed by atoms with Crippen LogP contribution in [0.3, 0.4) is 0 Å². The topological polar surface area (TPSA) is 72.1 Å². The highest BCUT2D eigenvalue weighted by Gasteiger charge is 2.26. The quantitative estimate of drug-likeness (QED) is 0.903. The molecule has 2 N–H and O–H groups in total. The number of hydrogen-bond donors (Lipinski definition) is 1. The van der Waals surface area contributed by atoms with Crippen molar-refractivity contribution in [2.24, 2.45) is 11.1 Å². The molecule has 2 heterocycles. The molecule has 0 radical (unpaired) electrons. The summed E-state index contributed by atoms with van der Waals surface area (Å²) >= 11 is 5.78. The Bertz CT molecular complexity index is 490. The Labute approximate surface area is 118 Å². The fraction of sp³-hybridized carbons (Fsp3) is 0.615. The van der Waals surface area contributed by atoms with E-state index in [2.05, 4.69) is 28.9 Å². The van der Waals surface area contributed by atoms with Crippen LogP contribution >= 0.6 is 11.6 Å². The number of primary amides is 1. The van der Waals surface area contributed by atoms with Gasteiger partial charge in [-0.2, -0.15) is 0 Å². The lowest BCUT2D eigenvalue weighted by Crippen LogP contribution is -2.29.